The maximum absolute atomic E-state index is 6.02. The van der Waals surface area contributed by atoms with E-state index < -0.39 is 0 Å². The fraction of sp³-hybridized carbons (Fsp3) is 0.800. The van der Waals surface area contributed by atoms with Crippen molar-refractivity contribution >= 4 is 11.8 Å². The molecule has 0 saturated carbocycles. The highest BCUT2D eigenvalue weighted by atomic mass is 32.2. The summed E-state index contributed by atoms with van der Waals surface area (Å²) >= 11 is 2.03. The van der Waals surface area contributed by atoms with Crippen molar-refractivity contribution in [2.24, 2.45) is 5.73 Å². The zero-order valence-corrected chi connectivity index (χ0v) is 8.28. The molecule has 0 amide bonds. The van der Waals surface area contributed by atoms with Crippen LogP contribution < -0.4 is 5.73 Å². The van der Waals surface area contributed by atoms with Gasteiger partial charge in [-0.3, -0.25) is 0 Å². The largest absolute Gasteiger partial charge is 0.327 e. The highest BCUT2D eigenvalue weighted by Gasteiger charge is 2.19. The maximum atomic E-state index is 6.02. The molecule has 1 nitrogen and oxygen atoms in total. The fourth-order valence-corrected chi connectivity index (χ4v) is 2.93. The van der Waals surface area contributed by atoms with Crippen molar-refractivity contribution in [3.8, 4) is 12.3 Å². The monoisotopic (exact) mass is 183 g/mol. The predicted octanol–water partition coefficient (Wildman–Crippen LogP) is 2.01. The molecule has 1 fully saturated rings. The second-order valence-corrected chi connectivity index (χ2v) is 4.66. The molecule has 1 aliphatic rings. The van der Waals surface area contributed by atoms with Gasteiger partial charge < -0.3 is 5.73 Å². The van der Waals surface area contributed by atoms with Crippen molar-refractivity contribution in [3.63, 3.8) is 0 Å². The molecule has 2 atom stereocenters. The molecule has 0 aromatic carbocycles. The standard InChI is InChI=1S/C10H17NS/c1-2-3-6-9(11)10-7-4-5-8-12-10/h1,9-10H,3-8,11H2. The van der Waals surface area contributed by atoms with E-state index in [0.717, 1.165) is 12.8 Å². The van der Waals surface area contributed by atoms with Crippen LogP contribution in [0.2, 0.25) is 0 Å². The van der Waals surface area contributed by atoms with Crippen LogP contribution in [0.1, 0.15) is 32.1 Å². The first-order valence-electron chi connectivity index (χ1n) is 4.65. The Balaban J connectivity index is 2.21. The van der Waals surface area contributed by atoms with Gasteiger partial charge in [0.15, 0.2) is 0 Å². The van der Waals surface area contributed by atoms with Crippen molar-refractivity contribution < 1.29 is 0 Å². The summed E-state index contributed by atoms with van der Waals surface area (Å²) in [7, 11) is 0. The van der Waals surface area contributed by atoms with Crippen LogP contribution in [-0.2, 0) is 0 Å². The van der Waals surface area contributed by atoms with Gasteiger partial charge in [-0.15, -0.1) is 12.3 Å². The van der Waals surface area contributed by atoms with Crippen LogP contribution in [0.15, 0.2) is 0 Å². The summed E-state index contributed by atoms with van der Waals surface area (Å²) in [5, 5.41) is 0.673. The summed E-state index contributed by atoms with van der Waals surface area (Å²) in [5.41, 5.74) is 6.02. The summed E-state index contributed by atoms with van der Waals surface area (Å²) in [5.74, 6) is 3.93. The lowest BCUT2D eigenvalue weighted by molar-refractivity contribution is 0.539. The summed E-state index contributed by atoms with van der Waals surface area (Å²) in [4.78, 5) is 0. The molecular formula is C10H17NS. The van der Waals surface area contributed by atoms with Gasteiger partial charge in [-0.25, -0.2) is 0 Å². The third kappa shape index (κ3) is 3.08. The summed E-state index contributed by atoms with van der Waals surface area (Å²) in [6, 6.07) is 0.325. The topological polar surface area (TPSA) is 26.0 Å². The molecule has 12 heavy (non-hydrogen) atoms. The smallest absolute Gasteiger partial charge is 0.0199 e. The van der Waals surface area contributed by atoms with Gasteiger partial charge >= 0.3 is 0 Å². The van der Waals surface area contributed by atoms with Crippen molar-refractivity contribution in [2.45, 2.75) is 43.4 Å². The summed E-state index contributed by atoms with van der Waals surface area (Å²) < 4.78 is 0. The minimum absolute atomic E-state index is 0.325. The molecular weight excluding hydrogens is 166 g/mol. The Kier molecular flexibility index (Phi) is 4.57. The predicted molar refractivity (Wildman–Crippen MR) is 56.1 cm³/mol. The first kappa shape index (κ1) is 9.95. The van der Waals surface area contributed by atoms with Gasteiger partial charge in [-0.2, -0.15) is 11.8 Å². The van der Waals surface area contributed by atoms with Gasteiger partial charge in [0.2, 0.25) is 0 Å². The quantitative estimate of drug-likeness (QED) is 0.677. The number of nitrogens with two attached hydrogens (primary N) is 1. The van der Waals surface area contributed by atoms with Crippen LogP contribution in [0.5, 0.6) is 0 Å². The molecule has 0 aliphatic carbocycles. The number of rotatable bonds is 3. The van der Waals surface area contributed by atoms with E-state index in [1.807, 2.05) is 11.8 Å². The maximum Gasteiger partial charge on any atom is 0.0199 e. The minimum atomic E-state index is 0.325. The van der Waals surface area contributed by atoms with Gasteiger partial charge in [-0.1, -0.05) is 6.42 Å². The van der Waals surface area contributed by atoms with E-state index >= 15 is 0 Å². The molecule has 2 heteroatoms. The number of thioether (sulfide) groups is 1. The van der Waals surface area contributed by atoms with Crippen molar-refractivity contribution in [2.75, 3.05) is 5.75 Å². The molecule has 2 unspecified atom stereocenters. The van der Waals surface area contributed by atoms with Crippen LogP contribution in [-0.4, -0.2) is 17.0 Å². The normalized spacial score (nSPS) is 26.2. The van der Waals surface area contributed by atoms with E-state index in [-0.39, 0.29) is 0 Å². The van der Waals surface area contributed by atoms with E-state index in [9.17, 15) is 0 Å². The van der Waals surface area contributed by atoms with Gasteiger partial charge in [0.25, 0.3) is 0 Å². The van der Waals surface area contributed by atoms with Crippen molar-refractivity contribution in [1.29, 1.82) is 0 Å². The molecule has 68 valence electrons. The zero-order valence-electron chi connectivity index (χ0n) is 7.46. The molecule has 0 bridgehead atoms. The summed E-state index contributed by atoms with van der Waals surface area (Å²) in [6.45, 7) is 0. The van der Waals surface area contributed by atoms with Gasteiger partial charge in [0.1, 0.15) is 0 Å². The molecule has 1 rings (SSSR count). The fourth-order valence-electron chi connectivity index (χ4n) is 1.54. The second-order valence-electron chi connectivity index (χ2n) is 3.31. The Hall–Kier alpha value is -0.130. The molecule has 2 N–H and O–H groups in total. The average Bonchev–Trinajstić information content (AvgIpc) is 2.15. The first-order valence-corrected chi connectivity index (χ1v) is 5.70. The van der Waals surface area contributed by atoms with Gasteiger partial charge in [0, 0.05) is 17.7 Å². The van der Waals surface area contributed by atoms with Gasteiger partial charge in [0.05, 0.1) is 0 Å². The highest BCUT2D eigenvalue weighted by Crippen LogP contribution is 2.28. The number of terminal acetylenes is 1. The van der Waals surface area contributed by atoms with E-state index in [4.69, 9.17) is 12.2 Å². The van der Waals surface area contributed by atoms with Crippen LogP contribution in [0.25, 0.3) is 0 Å². The Morgan fingerprint density at radius 2 is 2.42 bits per heavy atom. The zero-order chi connectivity index (χ0) is 8.81. The lowest BCUT2D eigenvalue weighted by atomic mass is 10.0. The lowest BCUT2D eigenvalue weighted by Crippen LogP contribution is -2.33. The molecule has 1 heterocycles. The van der Waals surface area contributed by atoms with Crippen molar-refractivity contribution in [3.05, 3.63) is 0 Å². The summed E-state index contributed by atoms with van der Waals surface area (Å²) in [6.07, 6.45) is 11.0. The minimum Gasteiger partial charge on any atom is -0.327 e. The molecule has 0 radical (unpaired) electrons. The SMILES string of the molecule is C#CCCC(N)C1CCCCS1. The Labute approximate surface area is 79.5 Å². The molecule has 0 spiro atoms. The van der Waals surface area contributed by atoms with Crippen LogP contribution in [0, 0.1) is 12.3 Å². The Morgan fingerprint density at radius 1 is 1.58 bits per heavy atom. The number of hydrogen-bond acceptors (Lipinski definition) is 2. The molecule has 0 aromatic rings. The van der Waals surface area contributed by atoms with Gasteiger partial charge in [-0.05, 0) is 25.0 Å². The van der Waals surface area contributed by atoms with E-state index in [2.05, 4.69) is 5.92 Å². The third-order valence-electron chi connectivity index (χ3n) is 2.31. The third-order valence-corrected chi connectivity index (χ3v) is 3.85. The van der Waals surface area contributed by atoms with Crippen molar-refractivity contribution in [1.82, 2.24) is 0 Å². The molecule has 0 aromatic heterocycles. The van der Waals surface area contributed by atoms with E-state index in [1.165, 1.54) is 25.0 Å². The second kappa shape index (κ2) is 5.50. The Morgan fingerprint density at radius 3 is 3.00 bits per heavy atom. The van der Waals surface area contributed by atoms with Crippen LogP contribution >= 0.6 is 11.8 Å². The highest BCUT2D eigenvalue weighted by molar-refractivity contribution is 8.00. The van der Waals surface area contributed by atoms with Crippen LogP contribution in [0.4, 0.5) is 0 Å². The lowest BCUT2D eigenvalue weighted by Gasteiger charge is -2.26. The number of hydrogen-bond donors (Lipinski definition) is 1. The first-order chi connectivity index (χ1) is 5.84. The van der Waals surface area contributed by atoms with E-state index in [0.29, 0.717) is 11.3 Å². The Bertz CT molecular complexity index is 156. The molecule has 1 aliphatic heterocycles. The molecule has 1 saturated heterocycles. The van der Waals surface area contributed by atoms with E-state index in [1.54, 1.807) is 0 Å². The van der Waals surface area contributed by atoms with Crippen LogP contribution in [0.3, 0.4) is 0 Å². The average molecular weight is 183 g/mol.